The highest BCUT2D eigenvalue weighted by Crippen LogP contribution is 2.45. The van der Waals surface area contributed by atoms with E-state index in [2.05, 4.69) is 10.3 Å². The first-order chi connectivity index (χ1) is 31.1. The normalized spacial score (nSPS) is 17.9. The quantitative estimate of drug-likeness (QED) is 0.152. The first-order valence-corrected chi connectivity index (χ1v) is 22.3. The van der Waals surface area contributed by atoms with Gasteiger partial charge in [-0.1, -0.05) is 41.4 Å². The number of piperidine rings is 2. The van der Waals surface area contributed by atoms with E-state index in [1.165, 1.54) is 39.6 Å². The number of fused-ring (bicyclic) bond motifs is 2. The van der Waals surface area contributed by atoms with E-state index < -0.39 is 29.5 Å². The third-order valence-electron chi connectivity index (χ3n) is 12.9. The SMILES string of the molecule is COc1ncc(C(=O)N2CCC(CCc3ccc4c(c3)n(C)c(=O)n4C3CCC(=O)NC3=O)CC2)cc1-c1nc2c(n1C(C)C)[C@@H](c1ccc(Cl)cc1)N(c1cc(Cl)cn(C)c1=O)C2=O. The molecule has 65 heavy (non-hydrogen) atoms. The Morgan fingerprint density at radius 1 is 0.923 bits per heavy atom. The van der Waals surface area contributed by atoms with Crippen LogP contribution < -0.4 is 26.2 Å². The number of hydrogen-bond acceptors (Lipinski definition) is 9. The van der Waals surface area contributed by atoms with Crippen LogP contribution in [0.1, 0.15) is 102 Å². The lowest BCUT2D eigenvalue weighted by molar-refractivity contribution is -0.135. The van der Waals surface area contributed by atoms with Gasteiger partial charge >= 0.3 is 5.69 Å². The van der Waals surface area contributed by atoms with Crippen LogP contribution in [0.15, 0.2) is 76.6 Å². The third kappa shape index (κ3) is 7.71. The lowest BCUT2D eigenvalue weighted by Crippen LogP contribution is -2.44. The molecule has 2 aromatic carbocycles. The summed E-state index contributed by atoms with van der Waals surface area (Å²) in [5.41, 5.74) is 4.03. The molecule has 4 aromatic heterocycles. The fourth-order valence-corrected chi connectivity index (χ4v) is 10.00. The number of ether oxygens (including phenoxy) is 1. The maximum Gasteiger partial charge on any atom is 0.329 e. The summed E-state index contributed by atoms with van der Waals surface area (Å²) in [5, 5.41) is 3.15. The van der Waals surface area contributed by atoms with E-state index in [-0.39, 0.29) is 58.7 Å². The molecule has 9 rings (SSSR count). The van der Waals surface area contributed by atoms with Crippen LogP contribution in [0.2, 0.25) is 10.0 Å². The average molecular weight is 921 g/mol. The van der Waals surface area contributed by atoms with Crippen LogP contribution in [0.3, 0.4) is 0 Å². The van der Waals surface area contributed by atoms with Crippen molar-refractivity contribution in [3.05, 3.63) is 126 Å². The summed E-state index contributed by atoms with van der Waals surface area (Å²) >= 11 is 12.8. The minimum atomic E-state index is -0.779. The highest BCUT2D eigenvalue weighted by atomic mass is 35.5. The van der Waals surface area contributed by atoms with Crippen molar-refractivity contribution in [2.45, 2.75) is 70.5 Å². The maximum absolute atomic E-state index is 14.6. The van der Waals surface area contributed by atoms with Crippen molar-refractivity contribution < 1.29 is 23.9 Å². The van der Waals surface area contributed by atoms with Crippen LogP contribution in [-0.4, -0.2) is 77.0 Å². The number of carbonyl (C=O) groups excluding carboxylic acids is 4. The lowest BCUT2D eigenvalue weighted by Gasteiger charge is -2.32. The van der Waals surface area contributed by atoms with Crippen molar-refractivity contribution in [1.29, 1.82) is 0 Å². The summed E-state index contributed by atoms with van der Waals surface area (Å²) in [6, 6.07) is 14.4. The Morgan fingerprint density at radius 2 is 1.66 bits per heavy atom. The van der Waals surface area contributed by atoms with E-state index in [0.717, 1.165) is 36.8 Å². The molecule has 1 N–H and O–H groups in total. The van der Waals surface area contributed by atoms with E-state index in [0.29, 0.717) is 57.8 Å². The number of methoxy groups -OCH3 is 1. The smallest absolute Gasteiger partial charge is 0.329 e. The molecule has 4 amide bonds. The fraction of sp³-hybridized carbons (Fsp3) is 0.362. The van der Waals surface area contributed by atoms with E-state index in [1.807, 2.05) is 53.6 Å². The minimum absolute atomic E-state index is 0.101. The van der Waals surface area contributed by atoms with Gasteiger partial charge in [0.05, 0.1) is 40.0 Å². The minimum Gasteiger partial charge on any atom is -0.480 e. The molecule has 3 aliphatic rings. The standard InChI is InChI=1S/C47H47Cl2N9O7/c1-25(2)56-40-38(46(63)58(36-22-31(49)24-53(3)45(36)62)39(40)28-9-11-30(48)12-10-28)52-41(56)32-21-29(23-50-43(32)65-5)44(61)55-18-16-26(17-19-55)6-7-27-8-13-33-35(20-27)54(4)47(64)57(33)34-14-15-37(59)51-42(34)60/h8-13,20-26,34,39H,6-7,14-19H2,1-5H3,(H,51,59,60)/t34?,39-/m1/s1. The van der Waals surface area contributed by atoms with Gasteiger partial charge in [0.15, 0.2) is 5.69 Å². The molecule has 336 valence electrons. The van der Waals surface area contributed by atoms with E-state index >= 15 is 0 Å². The molecule has 16 nitrogen and oxygen atoms in total. The summed E-state index contributed by atoms with van der Waals surface area (Å²) < 4.78 is 12.1. The number of likely N-dealkylation sites (tertiary alicyclic amines) is 1. The van der Waals surface area contributed by atoms with Crippen LogP contribution in [-0.2, 0) is 30.1 Å². The van der Waals surface area contributed by atoms with Crippen LogP contribution in [0, 0.1) is 5.92 Å². The van der Waals surface area contributed by atoms with Gasteiger partial charge in [-0.3, -0.25) is 43.3 Å². The number of rotatable bonds is 10. The topological polar surface area (TPSA) is 176 Å². The number of nitrogens with one attached hydrogen (secondary N) is 1. The maximum atomic E-state index is 14.6. The van der Waals surface area contributed by atoms with Crippen molar-refractivity contribution in [3.63, 3.8) is 0 Å². The summed E-state index contributed by atoms with van der Waals surface area (Å²) in [6.45, 7) is 5.04. The Labute approximate surface area is 383 Å². The molecule has 0 aliphatic carbocycles. The fourth-order valence-electron chi connectivity index (χ4n) is 9.62. The molecule has 18 heteroatoms. The number of amides is 4. The largest absolute Gasteiger partial charge is 0.480 e. The molecule has 1 unspecified atom stereocenters. The number of benzene rings is 2. The van der Waals surface area contributed by atoms with E-state index in [9.17, 15) is 28.8 Å². The van der Waals surface area contributed by atoms with Gasteiger partial charge in [0.2, 0.25) is 17.7 Å². The molecule has 0 radical (unpaired) electrons. The van der Waals surface area contributed by atoms with E-state index in [1.54, 1.807) is 36.9 Å². The zero-order valence-corrected chi connectivity index (χ0v) is 38.0. The van der Waals surface area contributed by atoms with Gasteiger partial charge in [0.25, 0.3) is 17.4 Å². The molecule has 7 heterocycles. The van der Waals surface area contributed by atoms with Crippen LogP contribution in [0.5, 0.6) is 5.88 Å². The number of aryl methyl sites for hydroxylation is 3. The van der Waals surface area contributed by atoms with Gasteiger partial charge in [-0.2, -0.15) is 0 Å². The molecule has 6 aromatic rings. The predicted molar refractivity (Wildman–Crippen MR) is 245 cm³/mol. The van der Waals surface area contributed by atoms with Gasteiger partial charge in [0, 0.05) is 57.1 Å². The molecule has 0 bridgehead atoms. The summed E-state index contributed by atoms with van der Waals surface area (Å²) in [5.74, 6) is -0.476. The second kappa shape index (κ2) is 17.1. The highest BCUT2D eigenvalue weighted by molar-refractivity contribution is 6.31. The highest BCUT2D eigenvalue weighted by Gasteiger charge is 2.46. The van der Waals surface area contributed by atoms with Crippen LogP contribution >= 0.6 is 23.2 Å². The van der Waals surface area contributed by atoms with Gasteiger partial charge in [-0.25, -0.2) is 14.8 Å². The van der Waals surface area contributed by atoms with Crippen molar-refractivity contribution in [2.75, 3.05) is 25.1 Å². The molecule has 3 aliphatic heterocycles. The van der Waals surface area contributed by atoms with E-state index in [4.69, 9.17) is 32.9 Å². The molecule has 2 fully saturated rings. The molecule has 0 spiro atoms. The van der Waals surface area contributed by atoms with Crippen LogP contribution in [0.25, 0.3) is 22.4 Å². The Hall–Kier alpha value is -6.52. The summed E-state index contributed by atoms with van der Waals surface area (Å²) in [7, 11) is 4.76. The van der Waals surface area contributed by atoms with Crippen molar-refractivity contribution in [3.8, 4) is 17.3 Å². The van der Waals surface area contributed by atoms with Crippen molar-refractivity contribution in [1.82, 2.24) is 38.5 Å². The second-order valence-corrected chi connectivity index (χ2v) is 18.2. The number of anilines is 1. The predicted octanol–water partition coefficient (Wildman–Crippen LogP) is 6.41. The first kappa shape index (κ1) is 43.7. The number of aromatic nitrogens is 6. The molecule has 2 saturated heterocycles. The summed E-state index contributed by atoms with van der Waals surface area (Å²) in [6.07, 6.45) is 6.73. The molecular formula is C47H47Cl2N9O7. The zero-order chi connectivity index (χ0) is 46.0. The molecule has 2 atom stereocenters. The number of halogens is 2. The Balaban J connectivity index is 0.948. The average Bonchev–Trinajstić information content (AvgIpc) is 3.90. The monoisotopic (exact) mass is 919 g/mol. The second-order valence-electron chi connectivity index (χ2n) is 17.3. The number of imidazole rings is 2. The summed E-state index contributed by atoms with van der Waals surface area (Å²) in [4.78, 5) is 92.8. The first-order valence-electron chi connectivity index (χ1n) is 21.6. The van der Waals surface area contributed by atoms with Crippen molar-refractivity contribution >= 4 is 63.6 Å². The number of imide groups is 1. The third-order valence-corrected chi connectivity index (χ3v) is 13.4. The zero-order valence-electron chi connectivity index (χ0n) is 36.5. The lowest BCUT2D eigenvalue weighted by atomic mass is 9.90. The number of pyridine rings is 2. The Kier molecular flexibility index (Phi) is 11.5. The van der Waals surface area contributed by atoms with Crippen LogP contribution in [0.4, 0.5) is 5.69 Å². The van der Waals surface area contributed by atoms with Crippen molar-refractivity contribution in [2.24, 2.45) is 20.0 Å². The van der Waals surface area contributed by atoms with Gasteiger partial charge in [0.1, 0.15) is 23.6 Å². The molecule has 0 saturated carbocycles. The van der Waals surface area contributed by atoms with Gasteiger partial charge < -0.3 is 18.8 Å². The Bertz CT molecular complexity index is 3050. The number of hydrogen-bond donors (Lipinski definition) is 1. The molecular weight excluding hydrogens is 873 g/mol. The number of carbonyl (C=O) groups is 4. The number of nitrogens with zero attached hydrogens (tertiary/aromatic N) is 8. The van der Waals surface area contributed by atoms with Gasteiger partial charge in [-0.05, 0) is 99.4 Å². The van der Waals surface area contributed by atoms with Gasteiger partial charge in [-0.15, -0.1) is 0 Å². The Morgan fingerprint density at radius 3 is 2.35 bits per heavy atom.